The lowest BCUT2D eigenvalue weighted by Gasteiger charge is -2.13. The number of hydrogen-bond acceptors (Lipinski definition) is 4. The van der Waals surface area contributed by atoms with Gasteiger partial charge in [-0.3, -0.25) is 0 Å². The zero-order valence-corrected chi connectivity index (χ0v) is 12.1. The molecule has 5 nitrogen and oxygen atoms in total. The molecule has 0 atom stereocenters. The number of alkyl halides is 2. The summed E-state index contributed by atoms with van der Waals surface area (Å²) in [6.45, 7) is 2.40. The molecular weight excluding hydrogens is 290 g/mol. The van der Waals surface area contributed by atoms with Crippen LogP contribution in [-0.2, 0) is 14.8 Å². The van der Waals surface area contributed by atoms with E-state index < -0.39 is 23.1 Å². The monoisotopic (exact) mass is 308 g/mol. The fourth-order valence-electron chi connectivity index (χ4n) is 1.66. The average Bonchev–Trinajstić information content (AvgIpc) is 2.33. The highest BCUT2D eigenvalue weighted by molar-refractivity contribution is 7.89. The minimum Gasteiger partial charge on any atom is -0.397 e. The van der Waals surface area contributed by atoms with Crippen LogP contribution >= 0.6 is 0 Å². The Bertz CT molecular complexity index is 562. The molecule has 0 aliphatic heterocycles. The van der Waals surface area contributed by atoms with Gasteiger partial charge in [0.05, 0.1) is 12.3 Å². The number of sulfonamides is 1. The fraction of sp³-hybridized carbons (Fsp3) is 0.500. The van der Waals surface area contributed by atoms with Crippen molar-refractivity contribution in [1.29, 1.82) is 0 Å². The molecule has 0 fully saturated rings. The second-order valence-corrected chi connectivity index (χ2v) is 6.01. The summed E-state index contributed by atoms with van der Waals surface area (Å²) in [5.74, 6) is 0. The molecule has 0 aliphatic carbocycles. The molecule has 0 heterocycles. The fourth-order valence-corrected chi connectivity index (χ4v) is 3.10. The summed E-state index contributed by atoms with van der Waals surface area (Å²) in [7, 11) is -3.79. The number of nitrogens with one attached hydrogen (secondary N) is 1. The quantitative estimate of drug-likeness (QED) is 0.590. The summed E-state index contributed by atoms with van der Waals surface area (Å²) in [6.07, 6.45) is -2.57. The van der Waals surface area contributed by atoms with E-state index in [-0.39, 0.29) is 23.7 Å². The van der Waals surface area contributed by atoms with Crippen LogP contribution in [0.5, 0.6) is 0 Å². The van der Waals surface area contributed by atoms with Crippen LogP contribution in [0.1, 0.15) is 11.1 Å². The molecule has 114 valence electrons. The van der Waals surface area contributed by atoms with Gasteiger partial charge in [-0.05, 0) is 25.0 Å². The first-order chi connectivity index (χ1) is 9.25. The Balaban J connectivity index is 2.73. The molecule has 0 amide bonds. The van der Waals surface area contributed by atoms with Crippen molar-refractivity contribution in [3.05, 3.63) is 23.3 Å². The highest BCUT2D eigenvalue weighted by Crippen LogP contribution is 2.25. The Morgan fingerprint density at radius 2 is 1.90 bits per heavy atom. The maximum Gasteiger partial charge on any atom is 0.261 e. The Morgan fingerprint density at radius 3 is 2.50 bits per heavy atom. The van der Waals surface area contributed by atoms with E-state index in [9.17, 15) is 17.2 Å². The van der Waals surface area contributed by atoms with E-state index in [1.807, 2.05) is 0 Å². The largest absolute Gasteiger partial charge is 0.397 e. The van der Waals surface area contributed by atoms with Gasteiger partial charge in [0.25, 0.3) is 6.43 Å². The number of aryl methyl sites for hydroxylation is 2. The summed E-state index contributed by atoms with van der Waals surface area (Å²) >= 11 is 0. The normalized spacial score (nSPS) is 12.1. The van der Waals surface area contributed by atoms with Gasteiger partial charge >= 0.3 is 0 Å². The molecule has 0 unspecified atom stereocenters. The molecule has 1 aromatic carbocycles. The molecule has 1 rings (SSSR count). The van der Waals surface area contributed by atoms with Gasteiger partial charge in [0.1, 0.15) is 11.5 Å². The highest BCUT2D eigenvalue weighted by Gasteiger charge is 2.20. The summed E-state index contributed by atoms with van der Waals surface area (Å²) < 4.78 is 54.8. The van der Waals surface area contributed by atoms with Gasteiger partial charge in [-0.25, -0.2) is 21.9 Å². The third-order valence-corrected chi connectivity index (χ3v) is 4.33. The third kappa shape index (κ3) is 4.39. The third-order valence-electron chi connectivity index (χ3n) is 2.66. The zero-order chi connectivity index (χ0) is 15.3. The summed E-state index contributed by atoms with van der Waals surface area (Å²) in [5.41, 5.74) is 7.16. The van der Waals surface area contributed by atoms with Crippen LogP contribution in [-0.4, -0.2) is 34.6 Å². The minimum atomic E-state index is -3.79. The predicted molar refractivity (Wildman–Crippen MR) is 72.3 cm³/mol. The van der Waals surface area contributed by atoms with Gasteiger partial charge in [-0.2, -0.15) is 0 Å². The van der Waals surface area contributed by atoms with Crippen molar-refractivity contribution < 1.29 is 21.9 Å². The van der Waals surface area contributed by atoms with Crippen molar-refractivity contribution in [3.8, 4) is 0 Å². The first kappa shape index (κ1) is 16.8. The number of halogens is 2. The molecule has 0 spiro atoms. The molecule has 0 radical (unpaired) electrons. The summed E-state index contributed by atoms with van der Waals surface area (Å²) in [4.78, 5) is 0.0198. The number of ether oxygens (including phenoxy) is 1. The van der Waals surface area contributed by atoms with Crippen LogP contribution in [0.15, 0.2) is 17.0 Å². The lowest BCUT2D eigenvalue weighted by molar-refractivity contribution is 0.0199. The first-order valence-electron chi connectivity index (χ1n) is 5.97. The van der Waals surface area contributed by atoms with Crippen LogP contribution in [0.4, 0.5) is 14.5 Å². The van der Waals surface area contributed by atoms with Crippen molar-refractivity contribution in [2.45, 2.75) is 25.2 Å². The molecule has 1 aromatic rings. The van der Waals surface area contributed by atoms with E-state index in [1.54, 1.807) is 26.0 Å². The second-order valence-electron chi connectivity index (χ2n) is 4.31. The van der Waals surface area contributed by atoms with E-state index in [0.29, 0.717) is 11.1 Å². The first-order valence-corrected chi connectivity index (χ1v) is 7.45. The van der Waals surface area contributed by atoms with E-state index in [2.05, 4.69) is 9.46 Å². The summed E-state index contributed by atoms with van der Waals surface area (Å²) in [5, 5.41) is 0. The SMILES string of the molecule is Cc1ccc(C)c(S(=O)(=O)NCCOCC(F)F)c1N. The van der Waals surface area contributed by atoms with Gasteiger partial charge in [0.2, 0.25) is 10.0 Å². The summed E-state index contributed by atoms with van der Waals surface area (Å²) in [6, 6.07) is 3.39. The predicted octanol–water partition coefficient (Wildman–Crippen LogP) is 1.45. The van der Waals surface area contributed by atoms with Crippen LogP contribution in [0.2, 0.25) is 0 Å². The molecule has 0 saturated carbocycles. The number of rotatable bonds is 7. The Morgan fingerprint density at radius 1 is 1.30 bits per heavy atom. The second kappa shape index (κ2) is 6.96. The van der Waals surface area contributed by atoms with Crippen molar-refractivity contribution in [3.63, 3.8) is 0 Å². The minimum absolute atomic E-state index is 0.0198. The van der Waals surface area contributed by atoms with Crippen molar-refractivity contribution in [2.24, 2.45) is 0 Å². The Labute approximate surface area is 117 Å². The molecule has 8 heteroatoms. The van der Waals surface area contributed by atoms with Gasteiger partial charge < -0.3 is 10.5 Å². The number of hydrogen-bond donors (Lipinski definition) is 2. The average molecular weight is 308 g/mol. The Hall–Kier alpha value is -1.25. The molecular formula is C12H18F2N2O3S. The maximum atomic E-state index is 12.1. The highest BCUT2D eigenvalue weighted by atomic mass is 32.2. The van der Waals surface area contributed by atoms with Gasteiger partial charge in [-0.15, -0.1) is 0 Å². The van der Waals surface area contributed by atoms with E-state index >= 15 is 0 Å². The van der Waals surface area contributed by atoms with Crippen molar-refractivity contribution in [2.75, 3.05) is 25.5 Å². The lowest BCUT2D eigenvalue weighted by Crippen LogP contribution is -2.29. The van der Waals surface area contributed by atoms with E-state index in [1.165, 1.54) is 0 Å². The molecule has 0 bridgehead atoms. The Kier molecular flexibility index (Phi) is 5.85. The van der Waals surface area contributed by atoms with Gasteiger partial charge in [0, 0.05) is 6.54 Å². The van der Waals surface area contributed by atoms with E-state index in [4.69, 9.17) is 5.73 Å². The van der Waals surface area contributed by atoms with Crippen LogP contribution < -0.4 is 10.5 Å². The van der Waals surface area contributed by atoms with Gasteiger partial charge in [0.15, 0.2) is 0 Å². The molecule has 0 aliphatic rings. The lowest BCUT2D eigenvalue weighted by atomic mass is 10.1. The van der Waals surface area contributed by atoms with Crippen LogP contribution in [0.25, 0.3) is 0 Å². The van der Waals surface area contributed by atoms with E-state index in [0.717, 1.165) is 0 Å². The molecule has 20 heavy (non-hydrogen) atoms. The van der Waals surface area contributed by atoms with Crippen LogP contribution in [0, 0.1) is 13.8 Å². The topological polar surface area (TPSA) is 81.4 Å². The smallest absolute Gasteiger partial charge is 0.261 e. The van der Waals surface area contributed by atoms with Gasteiger partial charge in [-0.1, -0.05) is 12.1 Å². The molecule has 0 aromatic heterocycles. The number of nitrogen functional groups attached to an aromatic ring is 1. The van der Waals surface area contributed by atoms with Crippen molar-refractivity contribution in [1.82, 2.24) is 4.72 Å². The zero-order valence-electron chi connectivity index (χ0n) is 11.3. The maximum absolute atomic E-state index is 12.1. The number of nitrogens with two attached hydrogens (primary N) is 1. The molecule has 0 saturated heterocycles. The number of benzene rings is 1. The van der Waals surface area contributed by atoms with Crippen molar-refractivity contribution >= 4 is 15.7 Å². The number of anilines is 1. The van der Waals surface area contributed by atoms with Crippen LogP contribution in [0.3, 0.4) is 0 Å². The molecule has 3 N–H and O–H groups in total. The standard InChI is InChI=1S/C12H18F2N2O3S/c1-8-3-4-9(2)12(11(8)15)20(17,18)16-5-6-19-7-10(13)14/h3-4,10,16H,5-7,15H2,1-2H3.